The number of thiophene rings is 1. The van der Waals surface area contributed by atoms with E-state index in [1.165, 1.54) is 23.5 Å². The summed E-state index contributed by atoms with van der Waals surface area (Å²) in [7, 11) is 2.06. The highest BCUT2D eigenvalue weighted by Gasteiger charge is 2.25. The third kappa shape index (κ3) is 4.88. The number of amides is 1. The topological polar surface area (TPSA) is 76.5 Å². The van der Waals surface area contributed by atoms with E-state index in [1.807, 2.05) is 31.2 Å². The number of carbonyl (C=O) groups is 1. The van der Waals surface area contributed by atoms with Gasteiger partial charge in [0.1, 0.15) is 16.4 Å². The van der Waals surface area contributed by atoms with Gasteiger partial charge in [-0.05, 0) is 62.4 Å². The SMILES string of the molecule is CCOc1ccc(-n2c(SCC(=O)Nc3ccccc3F)nc3sc4c(c3c2=O)CCN(C)C4)cc1. The Labute approximate surface area is 215 Å². The number of halogens is 1. The fourth-order valence-electron chi connectivity index (χ4n) is 4.21. The highest BCUT2D eigenvalue weighted by atomic mass is 32.2. The molecule has 1 aliphatic rings. The van der Waals surface area contributed by atoms with Crippen molar-refractivity contribution in [3.05, 3.63) is 75.1 Å². The van der Waals surface area contributed by atoms with Crippen LogP contribution in [0.25, 0.3) is 15.9 Å². The molecule has 3 heterocycles. The summed E-state index contributed by atoms with van der Waals surface area (Å²) in [6.45, 7) is 4.12. The Balaban J connectivity index is 1.53. The molecule has 0 saturated carbocycles. The van der Waals surface area contributed by atoms with Crippen LogP contribution in [0.2, 0.25) is 0 Å². The number of fused-ring (bicyclic) bond motifs is 3. The van der Waals surface area contributed by atoms with Gasteiger partial charge >= 0.3 is 0 Å². The maximum Gasteiger partial charge on any atom is 0.267 e. The van der Waals surface area contributed by atoms with Crippen LogP contribution in [-0.2, 0) is 17.8 Å². The van der Waals surface area contributed by atoms with Gasteiger partial charge in [-0.1, -0.05) is 23.9 Å². The van der Waals surface area contributed by atoms with Crippen LogP contribution in [0.5, 0.6) is 5.75 Å². The van der Waals surface area contributed by atoms with Gasteiger partial charge in [0.15, 0.2) is 5.16 Å². The normalized spacial score (nSPS) is 13.5. The summed E-state index contributed by atoms with van der Waals surface area (Å²) >= 11 is 2.68. The van der Waals surface area contributed by atoms with Gasteiger partial charge < -0.3 is 15.0 Å². The highest BCUT2D eigenvalue weighted by molar-refractivity contribution is 7.99. The number of likely N-dealkylation sites (N-methyl/N-ethyl adjacent to an activating group) is 1. The summed E-state index contributed by atoms with van der Waals surface area (Å²) in [5.74, 6) is -0.213. The molecule has 0 saturated heterocycles. The van der Waals surface area contributed by atoms with Crippen LogP contribution in [0.4, 0.5) is 10.1 Å². The molecule has 1 N–H and O–H groups in total. The number of benzene rings is 2. The van der Waals surface area contributed by atoms with Crippen molar-refractivity contribution in [3.63, 3.8) is 0 Å². The first-order chi connectivity index (χ1) is 17.4. The van der Waals surface area contributed by atoms with Crippen molar-refractivity contribution in [1.29, 1.82) is 0 Å². The van der Waals surface area contributed by atoms with Crippen LogP contribution >= 0.6 is 23.1 Å². The van der Waals surface area contributed by atoms with E-state index in [2.05, 4.69) is 17.3 Å². The number of hydrogen-bond acceptors (Lipinski definition) is 7. The lowest BCUT2D eigenvalue weighted by atomic mass is 10.1. The minimum absolute atomic E-state index is 0.0306. The van der Waals surface area contributed by atoms with Crippen molar-refractivity contribution in [1.82, 2.24) is 14.5 Å². The Kier molecular flexibility index (Phi) is 7.08. The Bertz CT molecular complexity index is 1480. The molecule has 10 heteroatoms. The highest BCUT2D eigenvalue weighted by Crippen LogP contribution is 2.34. The molecule has 0 atom stereocenters. The van der Waals surface area contributed by atoms with E-state index >= 15 is 0 Å². The van der Waals surface area contributed by atoms with Gasteiger partial charge in [0.2, 0.25) is 5.91 Å². The van der Waals surface area contributed by atoms with Crippen molar-refractivity contribution in [3.8, 4) is 11.4 Å². The minimum Gasteiger partial charge on any atom is -0.494 e. The van der Waals surface area contributed by atoms with Crippen molar-refractivity contribution in [2.45, 2.75) is 25.0 Å². The molecule has 7 nitrogen and oxygen atoms in total. The molecule has 0 fully saturated rings. The lowest BCUT2D eigenvalue weighted by molar-refractivity contribution is -0.113. The average Bonchev–Trinajstić information content (AvgIpc) is 3.22. The summed E-state index contributed by atoms with van der Waals surface area (Å²) in [5.41, 5.74) is 1.68. The molecule has 0 unspecified atom stereocenters. The predicted octanol–water partition coefficient (Wildman–Crippen LogP) is 4.70. The number of carbonyl (C=O) groups excluding carboxylic acids is 1. The molecule has 0 bridgehead atoms. The number of nitrogens with one attached hydrogen (secondary N) is 1. The molecular formula is C26H25FN4O3S2. The standard InChI is InChI=1S/C26H25FN4O3S2/c1-3-34-17-10-8-16(9-11-17)31-25(33)23-18-12-13-30(2)14-21(18)36-24(23)29-26(31)35-15-22(32)28-20-7-5-4-6-19(20)27/h4-11H,3,12-15H2,1-2H3,(H,28,32). The van der Waals surface area contributed by atoms with Crippen LogP contribution in [0.3, 0.4) is 0 Å². The van der Waals surface area contributed by atoms with Crippen LogP contribution in [0.1, 0.15) is 17.4 Å². The Morgan fingerprint density at radius 3 is 2.75 bits per heavy atom. The van der Waals surface area contributed by atoms with Gasteiger partial charge in [0.05, 0.1) is 29.1 Å². The zero-order valence-electron chi connectivity index (χ0n) is 19.9. The quantitative estimate of drug-likeness (QED) is 0.279. The van der Waals surface area contributed by atoms with Crippen LogP contribution < -0.4 is 15.6 Å². The number of ether oxygens (including phenoxy) is 1. The maximum atomic E-state index is 14.0. The monoisotopic (exact) mass is 524 g/mol. The van der Waals surface area contributed by atoms with Crippen molar-refractivity contribution in [2.24, 2.45) is 0 Å². The number of rotatable bonds is 7. The molecule has 186 valence electrons. The molecule has 2 aromatic carbocycles. The molecule has 1 amide bonds. The van der Waals surface area contributed by atoms with Gasteiger partial charge in [-0.2, -0.15) is 0 Å². The van der Waals surface area contributed by atoms with E-state index in [4.69, 9.17) is 9.72 Å². The van der Waals surface area contributed by atoms with E-state index < -0.39 is 5.82 Å². The fraction of sp³-hybridized carbons (Fsp3) is 0.269. The van der Waals surface area contributed by atoms with E-state index in [1.54, 1.807) is 16.7 Å². The predicted molar refractivity (Wildman–Crippen MR) is 142 cm³/mol. The van der Waals surface area contributed by atoms with Gasteiger partial charge in [0, 0.05) is 18.0 Å². The molecule has 36 heavy (non-hydrogen) atoms. The van der Waals surface area contributed by atoms with Gasteiger partial charge in [-0.3, -0.25) is 14.2 Å². The van der Waals surface area contributed by atoms with Gasteiger partial charge in [0.25, 0.3) is 5.56 Å². The Hall–Kier alpha value is -3.21. The number of aromatic nitrogens is 2. The smallest absolute Gasteiger partial charge is 0.267 e. The largest absolute Gasteiger partial charge is 0.494 e. The molecule has 4 aromatic rings. The van der Waals surface area contributed by atoms with Crippen LogP contribution in [0.15, 0.2) is 58.5 Å². The molecule has 5 rings (SSSR count). The Morgan fingerprint density at radius 2 is 2.00 bits per heavy atom. The van der Waals surface area contributed by atoms with Crippen molar-refractivity contribution >= 4 is 44.9 Å². The number of para-hydroxylation sites is 1. The zero-order valence-corrected chi connectivity index (χ0v) is 21.5. The number of nitrogens with zero attached hydrogens (tertiary/aromatic N) is 3. The van der Waals surface area contributed by atoms with Crippen LogP contribution in [0, 0.1) is 5.82 Å². The summed E-state index contributed by atoms with van der Waals surface area (Å²) in [6, 6.07) is 13.3. The second-order valence-electron chi connectivity index (χ2n) is 8.45. The maximum absolute atomic E-state index is 14.0. The molecule has 0 spiro atoms. The number of hydrogen-bond donors (Lipinski definition) is 1. The van der Waals surface area contributed by atoms with Gasteiger partial charge in [-0.15, -0.1) is 11.3 Å². The Morgan fingerprint density at radius 1 is 1.22 bits per heavy atom. The fourth-order valence-corrected chi connectivity index (χ4v) is 6.37. The molecule has 2 aromatic heterocycles. The molecular weight excluding hydrogens is 499 g/mol. The van der Waals surface area contributed by atoms with E-state index in [-0.39, 0.29) is 22.9 Å². The van der Waals surface area contributed by atoms with Gasteiger partial charge in [-0.25, -0.2) is 9.37 Å². The lowest BCUT2D eigenvalue weighted by Crippen LogP contribution is -2.27. The van der Waals surface area contributed by atoms with Crippen LogP contribution in [-0.4, -0.2) is 46.3 Å². The second-order valence-corrected chi connectivity index (χ2v) is 10.5. The average molecular weight is 525 g/mol. The molecule has 0 aliphatic carbocycles. The summed E-state index contributed by atoms with van der Waals surface area (Å²) in [4.78, 5) is 35.4. The van der Waals surface area contributed by atoms with E-state index in [9.17, 15) is 14.0 Å². The van der Waals surface area contributed by atoms with E-state index in [0.29, 0.717) is 33.4 Å². The first kappa shape index (κ1) is 24.5. The van der Waals surface area contributed by atoms with Crippen molar-refractivity contribution < 1.29 is 13.9 Å². The number of anilines is 1. The summed E-state index contributed by atoms with van der Waals surface area (Å²) < 4.78 is 21.1. The second kappa shape index (κ2) is 10.4. The molecule has 0 radical (unpaired) electrons. The first-order valence-corrected chi connectivity index (χ1v) is 13.4. The third-order valence-electron chi connectivity index (χ3n) is 5.92. The summed E-state index contributed by atoms with van der Waals surface area (Å²) in [5, 5.41) is 3.65. The minimum atomic E-state index is -0.504. The van der Waals surface area contributed by atoms with E-state index in [0.717, 1.165) is 41.7 Å². The van der Waals surface area contributed by atoms with Crippen molar-refractivity contribution in [2.75, 3.05) is 31.3 Å². The summed E-state index contributed by atoms with van der Waals surface area (Å²) in [6.07, 6.45) is 0.795. The first-order valence-electron chi connectivity index (χ1n) is 11.6. The zero-order chi connectivity index (χ0) is 25.2. The third-order valence-corrected chi connectivity index (χ3v) is 7.97. The lowest BCUT2D eigenvalue weighted by Gasteiger charge is -2.21. The number of thioether (sulfide) groups is 1. The molecule has 1 aliphatic heterocycles.